The summed E-state index contributed by atoms with van der Waals surface area (Å²) in [4.78, 5) is 4.25. The fourth-order valence-corrected chi connectivity index (χ4v) is 1.38. The van der Waals surface area contributed by atoms with Crippen molar-refractivity contribution in [1.82, 2.24) is 15.5 Å². The fourth-order valence-electron chi connectivity index (χ4n) is 1.38. The molecule has 0 aromatic carbocycles. The van der Waals surface area contributed by atoms with Gasteiger partial charge in [0.05, 0.1) is 5.60 Å². The fraction of sp³-hybridized carbons (Fsp3) is 0.800. The normalized spacial score (nSPS) is 19.2. The topological polar surface area (TPSA) is 60.2 Å². The van der Waals surface area contributed by atoms with E-state index in [-0.39, 0.29) is 5.60 Å². The Hall–Kier alpha value is -0.940. The molecule has 1 saturated heterocycles. The van der Waals surface area contributed by atoms with Crippen LogP contribution in [0, 0.1) is 0 Å². The lowest BCUT2D eigenvalue weighted by atomic mass is 10.0. The second-order valence-corrected chi connectivity index (χ2v) is 4.54. The lowest BCUT2D eigenvalue weighted by molar-refractivity contribution is -0.0841. The summed E-state index contributed by atoms with van der Waals surface area (Å²) in [6, 6.07) is 0. The van der Waals surface area contributed by atoms with Crippen molar-refractivity contribution in [2.45, 2.75) is 38.9 Å². The highest BCUT2D eigenvalue weighted by molar-refractivity contribution is 4.93. The van der Waals surface area contributed by atoms with Crippen LogP contribution in [0.2, 0.25) is 0 Å². The van der Waals surface area contributed by atoms with Crippen molar-refractivity contribution in [2.24, 2.45) is 0 Å². The van der Waals surface area contributed by atoms with Crippen LogP contribution in [0.3, 0.4) is 0 Å². The highest BCUT2D eigenvalue weighted by atomic mass is 16.5. The number of nitrogens with zero attached hydrogens (tertiary/aromatic N) is 2. The van der Waals surface area contributed by atoms with Crippen LogP contribution in [0.15, 0.2) is 4.52 Å². The highest BCUT2D eigenvalue weighted by Gasteiger charge is 2.32. The second kappa shape index (κ2) is 3.90. The molecule has 15 heavy (non-hydrogen) atoms. The van der Waals surface area contributed by atoms with Gasteiger partial charge in [0.2, 0.25) is 0 Å². The molecule has 1 aliphatic rings. The summed E-state index contributed by atoms with van der Waals surface area (Å²) < 4.78 is 10.8. The molecule has 2 rings (SSSR count). The molecule has 0 atom stereocenters. The maximum Gasteiger partial charge on any atom is 0.252 e. The molecule has 1 N–H and O–H groups in total. The van der Waals surface area contributed by atoms with Gasteiger partial charge in [0, 0.05) is 19.0 Å². The van der Waals surface area contributed by atoms with E-state index in [9.17, 15) is 0 Å². The van der Waals surface area contributed by atoms with Gasteiger partial charge in [-0.05, 0) is 6.92 Å². The molecule has 0 unspecified atom stereocenters. The molecular formula is C10H17N3O2. The number of rotatable bonds is 4. The molecule has 1 aliphatic heterocycles. The van der Waals surface area contributed by atoms with Crippen LogP contribution in [0.5, 0.6) is 0 Å². The van der Waals surface area contributed by atoms with Crippen LogP contribution in [0.25, 0.3) is 0 Å². The van der Waals surface area contributed by atoms with Crippen molar-refractivity contribution in [1.29, 1.82) is 0 Å². The first-order chi connectivity index (χ1) is 7.09. The largest absolute Gasteiger partial charge is 0.363 e. The first kappa shape index (κ1) is 10.6. The van der Waals surface area contributed by atoms with E-state index in [0.29, 0.717) is 18.4 Å². The molecule has 0 aliphatic carbocycles. The van der Waals surface area contributed by atoms with Crippen molar-refractivity contribution < 1.29 is 9.26 Å². The van der Waals surface area contributed by atoms with Crippen molar-refractivity contribution in [3.63, 3.8) is 0 Å². The van der Waals surface area contributed by atoms with E-state index in [0.717, 1.165) is 18.9 Å². The van der Waals surface area contributed by atoms with Crippen LogP contribution in [-0.4, -0.2) is 28.8 Å². The van der Waals surface area contributed by atoms with Crippen LogP contribution in [0.1, 0.15) is 38.4 Å². The van der Waals surface area contributed by atoms with E-state index >= 15 is 0 Å². The minimum atomic E-state index is -0.0630. The molecule has 0 saturated carbocycles. The Bertz CT molecular complexity index is 331. The molecule has 1 aromatic heterocycles. The van der Waals surface area contributed by atoms with Crippen molar-refractivity contribution >= 4 is 0 Å². The summed E-state index contributed by atoms with van der Waals surface area (Å²) in [6.07, 6.45) is 0. The van der Waals surface area contributed by atoms with Crippen molar-refractivity contribution in [3.05, 3.63) is 11.7 Å². The molecule has 2 heterocycles. The third-order valence-corrected chi connectivity index (χ3v) is 2.54. The maximum absolute atomic E-state index is 5.69. The summed E-state index contributed by atoms with van der Waals surface area (Å²) in [7, 11) is 0. The Labute approximate surface area is 89.2 Å². The molecule has 0 bridgehead atoms. The average molecular weight is 211 g/mol. The predicted octanol–water partition coefficient (Wildman–Crippen LogP) is 1.07. The van der Waals surface area contributed by atoms with Gasteiger partial charge in [-0.3, -0.25) is 0 Å². The molecule has 84 valence electrons. The lowest BCUT2D eigenvalue weighted by Crippen LogP contribution is -2.58. The molecule has 5 nitrogen and oxygen atoms in total. The quantitative estimate of drug-likeness (QED) is 0.807. The highest BCUT2D eigenvalue weighted by Crippen LogP contribution is 2.18. The van der Waals surface area contributed by atoms with Gasteiger partial charge in [0.25, 0.3) is 5.89 Å². The maximum atomic E-state index is 5.69. The zero-order valence-electron chi connectivity index (χ0n) is 9.41. The van der Waals surface area contributed by atoms with E-state index in [2.05, 4.69) is 22.4 Å². The summed E-state index contributed by atoms with van der Waals surface area (Å²) in [5.74, 6) is 1.60. The number of hydrogen-bond donors (Lipinski definition) is 1. The smallest absolute Gasteiger partial charge is 0.252 e. The number of nitrogens with one attached hydrogen (secondary N) is 1. The molecule has 5 heteroatoms. The van der Waals surface area contributed by atoms with Crippen molar-refractivity contribution in [2.75, 3.05) is 13.1 Å². The Morgan fingerprint density at radius 1 is 1.53 bits per heavy atom. The summed E-state index contributed by atoms with van der Waals surface area (Å²) in [6.45, 7) is 8.32. The van der Waals surface area contributed by atoms with Crippen molar-refractivity contribution in [3.8, 4) is 0 Å². The molecular weight excluding hydrogens is 194 g/mol. The predicted molar refractivity (Wildman–Crippen MR) is 54.5 cm³/mol. The van der Waals surface area contributed by atoms with Gasteiger partial charge in [0.1, 0.15) is 6.61 Å². The molecule has 0 spiro atoms. The zero-order chi connectivity index (χ0) is 10.9. The number of hydrogen-bond acceptors (Lipinski definition) is 5. The Morgan fingerprint density at radius 2 is 2.27 bits per heavy atom. The van der Waals surface area contributed by atoms with Gasteiger partial charge in [-0.1, -0.05) is 19.0 Å². The monoisotopic (exact) mass is 211 g/mol. The van der Waals surface area contributed by atoms with Crippen LogP contribution < -0.4 is 5.32 Å². The van der Waals surface area contributed by atoms with E-state index < -0.39 is 0 Å². The van der Waals surface area contributed by atoms with Gasteiger partial charge < -0.3 is 14.6 Å². The Balaban J connectivity index is 1.88. The summed E-state index contributed by atoms with van der Waals surface area (Å²) in [5, 5.41) is 7.05. The van der Waals surface area contributed by atoms with Gasteiger partial charge in [-0.25, -0.2) is 0 Å². The third-order valence-electron chi connectivity index (χ3n) is 2.54. The van der Waals surface area contributed by atoms with E-state index in [1.54, 1.807) is 0 Å². The minimum absolute atomic E-state index is 0.0630. The lowest BCUT2D eigenvalue weighted by Gasteiger charge is -2.38. The Kier molecular flexibility index (Phi) is 2.75. The Morgan fingerprint density at radius 3 is 2.73 bits per heavy atom. The standard InChI is InChI=1S/C10H17N3O2/c1-7(2)9-12-8(15-13-9)4-14-10(3)5-11-6-10/h7,11H,4-6H2,1-3H3. The third kappa shape index (κ3) is 2.35. The van der Waals surface area contributed by atoms with Crippen LogP contribution >= 0.6 is 0 Å². The molecule has 1 aromatic rings. The van der Waals surface area contributed by atoms with E-state index in [4.69, 9.17) is 9.26 Å². The van der Waals surface area contributed by atoms with Crippen LogP contribution in [0.4, 0.5) is 0 Å². The van der Waals surface area contributed by atoms with Gasteiger partial charge in [0.15, 0.2) is 5.82 Å². The molecule has 0 amide bonds. The van der Waals surface area contributed by atoms with Gasteiger partial charge in [-0.2, -0.15) is 4.98 Å². The molecule has 1 fully saturated rings. The molecule has 0 radical (unpaired) electrons. The van der Waals surface area contributed by atoms with Gasteiger partial charge >= 0.3 is 0 Å². The van der Waals surface area contributed by atoms with Crippen LogP contribution in [-0.2, 0) is 11.3 Å². The summed E-state index contributed by atoms with van der Waals surface area (Å²) >= 11 is 0. The second-order valence-electron chi connectivity index (χ2n) is 4.54. The zero-order valence-corrected chi connectivity index (χ0v) is 9.41. The number of aromatic nitrogens is 2. The first-order valence-electron chi connectivity index (χ1n) is 5.26. The SMILES string of the molecule is CC(C)c1noc(COC2(C)CNC2)n1. The average Bonchev–Trinajstić information content (AvgIpc) is 2.60. The van der Waals surface area contributed by atoms with Gasteiger partial charge in [-0.15, -0.1) is 0 Å². The minimum Gasteiger partial charge on any atom is -0.363 e. The van der Waals surface area contributed by atoms with E-state index in [1.807, 2.05) is 13.8 Å². The summed E-state index contributed by atoms with van der Waals surface area (Å²) in [5.41, 5.74) is -0.0630. The first-order valence-corrected chi connectivity index (χ1v) is 5.26. The number of ether oxygens (including phenoxy) is 1. The van der Waals surface area contributed by atoms with E-state index in [1.165, 1.54) is 0 Å².